The summed E-state index contributed by atoms with van der Waals surface area (Å²) in [5.74, 6) is 0. The Hall–Kier alpha value is 0.360. The van der Waals surface area contributed by atoms with Crippen molar-refractivity contribution in [2.24, 2.45) is 0 Å². The van der Waals surface area contributed by atoms with Gasteiger partial charge >= 0.3 is 4.38 Å². The zero-order valence-electron chi connectivity index (χ0n) is 11.6. The molecule has 0 aliphatic heterocycles. The normalized spacial score (nSPS) is 10.4. The molecule has 0 bridgehead atoms. The van der Waals surface area contributed by atoms with Crippen molar-refractivity contribution in [1.82, 2.24) is 0 Å². The largest absolute Gasteiger partial charge is 0.494 e. The van der Waals surface area contributed by atoms with Crippen LogP contribution >= 0.6 is 0 Å². The Morgan fingerprint density at radius 2 is 1.17 bits per heavy atom. The molecule has 0 saturated heterocycles. The zero-order valence-corrected chi connectivity index (χ0v) is 16.2. The van der Waals surface area contributed by atoms with Crippen molar-refractivity contribution in [2.75, 3.05) is 41.1 Å². The quantitative estimate of drug-likeness (QED) is 0.0753. The highest BCUT2D eigenvalue weighted by Crippen LogP contribution is 1.94. The topological polar surface area (TPSA) is 105 Å². The SMILES string of the molecule is CS(=O)(=O)C(=[N+]=[N-])S(C)(=O)=O.C[I+]C.C[S+](C)C. The molecule has 110 valence electrons. The highest BCUT2D eigenvalue weighted by Gasteiger charge is 2.33. The van der Waals surface area contributed by atoms with Crippen molar-refractivity contribution in [1.29, 1.82) is 0 Å². The maximum absolute atomic E-state index is 10.5. The van der Waals surface area contributed by atoms with Crippen molar-refractivity contribution < 1.29 is 42.8 Å². The fraction of sp³-hybridized carbons (Fsp3) is 0.875. The molecule has 0 fully saturated rings. The van der Waals surface area contributed by atoms with Crippen molar-refractivity contribution in [2.45, 2.75) is 0 Å². The van der Waals surface area contributed by atoms with E-state index >= 15 is 0 Å². The molecule has 0 aliphatic rings. The van der Waals surface area contributed by atoms with Gasteiger partial charge in [-0.3, -0.25) is 0 Å². The zero-order chi connectivity index (χ0) is 15.6. The van der Waals surface area contributed by atoms with Gasteiger partial charge in [-0.05, 0) is 10.9 Å². The Balaban J connectivity index is -0.000000266. The number of rotatable bonds is 0. The Labute approximate surface area is 124 Å². The smallest absolute Gasteiger partial charge is 0.359 e. The van der Waals surface area contributed by atoms with Crippen LogP contribution in [0.2, 0.25) is 0 Å². The van der Waals surface area contributed by atoms with Crippen molar-refractivity contribution in [3.63, 3.8) is 0 Å². The Morgan fingerprint density at radius 3 is 1.17 bits per heavy atom. The molecular formula is C8H21IN2O4S3+2. The van der Waals surface area contributed by atoms with Crippen LogP contribution < -0.4 is 21.2 Å². The Kier molecular flexibility index (Phi) is 14.6. The molecule has 0 amide bonds. The number of hydrogen-bond donors (Lipinski definition) is 0. The lowest BCUT2D eigenvalue weighted by molar-refractivity contribution is -0.597. The molecule has 6 nitrogen and oxygen atoms in total. The summed E-state index contributed by atoms with van der Waals surface area (Å²) in [6.07, 6.45) is 7.87. The minimum Gasteiger partial charge on any atom is -0.359 e. The molecule has 0 heterocycles. The van der Waals surface area contributed by atoms with Crippen molar-refractivity contribution >= 4 is 34.9 Å². The molecule has 0 radical (unpaired) electrons. The Morgan fingerprint density at radius 1 is 1.00 bits per heavy atom. The van der Waals surface area contributed by atoms with Crippen LogP contribution in [0, 0.1) is 0 Å². The molecule has 0 aromatic heterocycles. The van der Waals surface area contributed by atoms with Crippen LogP contribution in [0.15, 0.2) is 0 Å². The molecule has 0 aromatic rings. The predicted molar refractivity (Wildman–Crippen MR) is 75.3 cm³/mol. The van der Waals surface area contributed by atoms with Crippen molar-refractivity contribution in [3.05, 3.63) is 5.53 Å². The lowest BCUT2D eigenvalue weighted by atomic mass is 11.7. The maximum Gasteiger partial charge on any atom is 0.494 e. The van der Waals surface area contributed by atoms with Crippen LogP contribution in [0.1, 0.15) is 0 Å². The van der Waals surface area contributed by atoms with Crippen LogP contribution in [-0.2, 0) is 30.6 Å². The second-order valence-corrected chi connectivity index (χ2v) is 12.2. The lowest BCUT2D eigenvalue weighted by Gasteiger charge is -1.86. The number of hydrogen-bond acceptors (Lipinski definition) is 4. The third kappa shape index (κ3) is 18.7. The molecular weight excluding hydrogens is 411 g/mol. The van der Waals surface area contributed by atoms with Crippen molar-refractivity contribution in [3.8, 4) is 0 Å². The van der Waals surface area contributed by atoms with E-state index in [9.17, 15) is 16.8 Å². The predicted octanol–water partition coefficient (Wildman–Crippen LogP) is -3.51. The fourth-order valence-corrected chi connectivity index (χ4v) is 2.92. The first kappa shape index (κ1) is 23.5. The molecule has 10 heteroatoms. The molecule has 0 spiro atoms. The molecule has 0 aliphatic carbocycles. The molecule has 0 saturated carbocycles. The molecule has 0 unspecified atom stereocenters. The van der Waals surface area contributed by atoms with E-state index in [1.807, 2.05) is 0 Å². The van der Waals surface area contributed by atoms with Gasteiger partial charge < -0.3 is 5.53 Å². The highest BCUT2D eigenvalue weighted by molar-refractivity contribution is 8.30. The van der Waals surface area contributed by atoms with E-state index in [0.717, 1.165) is 0 Å². The second kappa shape index (κ2) is 11.2. The standard InChI is InChI=1S/C3H6N2O4S2.C3H9S.C2H6I/c1-10(6,7)3(5-4)11(2,8)9;1-4(2)3;1-3-2/h1-2H3;1-3H3;1-2H3/q;2*+1. The van der Waals surface area contributed by atoms with Crippen LogP contribution in [0.25, 0.3) is 5.53 Å². The van der Waals surface area contributed by atoms with E-state index in [1.165, 1.54) is 0 Å². The van der Waals surface area contributed by atoms with Crippen LogP contribution in [0.4, 0.5) is 0 Å². The first-order valence-corrected chi connectivity index (χ1v) is 14.8. The van der Waals surface area contributed by atoms with Gasteiger partial charge in [-0.2, -0.15) is 0 Å². The minimum atomic E-state index is -3.96. The molecule has 0 N–H and O–H groups in total. The summed E-state index contributed by atoms with van der Waals surface area (Å²) in [5, 5.41) is 0. The fourth-order valence-electron chi connectivity index (χ4n) is 0.423. The summed E-state index contributed by atoms with van der Waals surface area (Å²) in [5.41, 5.74) is 8.03. The third-order valence-electron chi connectivity index (χ3n) is 0.716. The van der Waals surface area contributed by atoms with Gasteiger partial charge in [0, 0.05) is 0 Å². The number of sulfone groups is 2. The third-order valence-corrected chi connectivity index (χ3v) is 3.96. The average Bonchev–Trinajstić information content (AvgIpc) is 1.98. The van der Waals surface area contributed by atoms with E-state index in [-0.39, 0.29) is 0 Å². The van der Waals surface area contributed by atoms with E-state index in [0.29, 0.717) is 44.6 Å². The maximum atomic E-state index is 10.5. The lowest BCUT2D eigenvalue weighted by Crippen LogP contribution is -3.59. The van der Waals surface area contributed by atoms with E-state index < -0.39 is 24.1 Å². The number of halogens is 1. The first-order valence-electron chi connectivity index (χ1n) is 4.30. The van der Waals surface area contributed by atoms with Gasteiger partial charge in [0.25, 0.3) is 40.9 Å². The summed E-state index contributed by atoms with van der Waals surface area (Å²) >= 11 is 0.590. The monoisotopic (exact) mass is 432 g/mol. The van der Waals surface area contributed by atoms with E-state index in [4.69, 9.17) is 5.53 Å². The van der Waals surface area contributed by atoms with Gasteiger partial charge in [-0.25, -0.2) is 16.8 Å². The van der Waals surface area contributed by atoms with Gasteiger partial charge in [-0.1, -0.05) is 0 Å². The van der Waals surface area contributed by atoms with Gasteiger partial charge in [0.2, 0.25) is 0 Å². The summed E-state index contributed by atoms with van der Waals surface area (Å²) < 4.78 is 40.9. The summed E-state index contributed by atoms with van der Waals surface area (Å²) in [4.78, 5) is 6.64. The summed E-state index contributed by atoms with van der Waals surface area (Å²) in [6.45, 7) is 0. The minimum absolute atomic E-state index is 0.590. The Bertz CT molecular complexity index is 428. The number of alkyl halides is 2. The average molecular weight is 432 g/mol. The van der Waals surface area contributed by atoms with Gasteiger partial charge in [0.1, 0.15) is 9.86 Å². The van der Waals surface area contributed by atoms with Crippen LogP contribution in [-0.4, -0.2) is 67.1 Å². The van der Waals surface area contributed by atoms with Crippen LogP contribution in [0.5, 0.6) is 0 Å². The van der Waals surface area contributed by atoms with Crippen LogP contribution in [0.3, 0.4) is 0 Å². The molecule has 0 atom stereocenters. The molecule has 0 rings (SSSR count). The first-order chi connectivity index (χ1) is 7.84. The van der Waals surface area contributed by atoms with E-state index in [1.54, 1.807) is 0 Å². The number of nitrogens with zero attached hydrogens (tertiary/aromatic N) is 2. The molecule has 0 aromatic carbocycles. The van der Waals surface area contributed by atoms with Gasteiger partial charge in [-0.15, -0.1) is 4.79 Å². The summed E-state index contributed by atoms with van der Waals surface area (Å²) in [7, 11) is -7.28. The van der Waals surface area contributed by atoms with Gasteiger partial charge in [0.15, 0.2) is 0 Å². The van der Waals surface area contributed by atoms with E-state index in [2.05, 4.69) is 33.4 Å². The summed E-state index contributed by atoms with van der Waals surface area (Å²) in [6, 6.07) is 0. The second-order valence-electron chi connectivity index (χ2n) is 3.51. The van der Waals surface area contributed by atoms with Gasteiger partial charge in [0.05, 0.1) is 31.3 Å². The molecule has 18 heavy (non-hydrogen) atoms. The highest BCUT2D eigenvalue weighted by atomic mass is 127.